The number of rotatable bonds is 4. The van der Waals surface area contributed by atoms with E-state index in [1.165, 1.54) is 17.0 Å². The Kier molecular flexibility index (Phi) is 5.27. The Labute approximate surface area is 158 Å². The Morgan fingerprint density at radius 1 is 1.22 bits per heavy atom. The molecule has 1 aliphatic rings. The summed E-state index contributed by atoms with van der Waals surface area (Å²) in [5, 5.41) is 5.55. The third-order valence-electron chi connectivity index (χ3n) is 4.07. The first kappa shape index (κ1) is 19.0. The number of benzene rings is 2. The molecule has 142 valence electrons. The summed E-state index contributed by atoms with van der Waals surface area (Å²) in [5.74, 6) is -0.481. The molecule has 0 aliphatic carbocycles. The lowest BCUT2D eigenvalue weighted by molar-refractivity contribution is -0.137. The van der Waals surface area contributed by atoms with E-state index in [1.54, 1.807) is 24.3 Å². The van der Waals surface area contributed by atoms with Crippen molar-refractivity contribution >= 4 is 29.2 Å². The van der Waals surface area contributed by atoms with Gasteiger partial charge >= 0.3 is 12.2 Å². The predicted octanol–water partition coefficient (Wildman–Crippen LogP) is 3.57. The lowest BCUT2D eigenvalue weighted by Crippen LogP contribution is -2.42. The van der Waals surface area contributed by atoms with Crippen molar-refractivity contribution in [1.82, 2.24) is 10.6 Å². The Hall–Kier alpha value is -2.74. The minimum atomic E-state index is -4.45. The molecule has 9 heteroatoms. The summed E-state index contributed by atoms with van der Waals surface area (Å²) in [5.41, 5.74) is 0.0814. The molecule has 0 radical (unpaired) electrons. The van der Waals surface area contributed by atoms with Crippen LogP contribution in [0.4, 0.5) is 23.7 Å². The highest BCUT2D eigenvalue weighted by molar-refractivity contribution is 6.30. The van der Waals surface area contributed by atoms with Gasteiger partial charge in [-0.05, 0) is 35.9 Å². The monoisotopic (exact) mass is 397 g/mol. The standard InChI is InChI=1S/C18H15ClF3N3O2/c19-13-5-2-6-14(8-13)25-10-15(24-17(25)27)16(26)23-9-11-3-1-4-12(7-11)18(20,21)22/h1-8,15H,9-10H2,(H,23,26)(H,24,27). The van der Waals surface area contributed by atoms with Crippen molar-refractivity contribution in [2.24, 2.45) is 0 Å². The smallest absolute Gasteiger partial charge is 0.350 e. The molecule has 1 unspecified atom stereocenters. The zero-order valence-corrected chi connectivity index (χ0v) is 14.6. The number of alkyl halides is 3. The Morgan fingerprint density at radius 2 is 1.96 bits per heavy atom. The van der Waals surface area contributed by atoms with Gasteiger partial charge in [0.05, 0.1) is 12.1 Å². The van der Waals surface area contributed by atoms with Crippen LogP contribution in [0.2, 0.25) is 5.02 Å². The van der Waals surface area contributed by atoms with Crippen molar-refractivity contribution in [3.63, 3.8) is 0 Å². The molecular weight excluding hydrogens is 383 g/mol. The van der Waals surface area contributed by atoms with Crippen LogP contribution in [0.3, 0.4) is 0 Å². The van der Waals surface area contributed by atoms with E-state index in [4.69, 9.17) is 11.6 Å². The fraction of sp³-hybridized carbons (Fsp3) is 0.222. The second kappa shape index (κ2) is 7.48. The number of nitrogens with zero attached hydrogens (tertiary/aromatic N) is 1. The van der Waals surface area contributed by atoms with Crippen LogP contribution < -0.4 is 15.5 Å². The Bertz CT molecular complexity index is 873. The summed E-state index contributed by atoms with van der Waals surface area (Å²) in [6.45, 7) is 0.0138. The van der Waals surface area contributed by atoms with E-state index in [1.807, 2.05) is 0 Å². The average Bonchev–Trinajstić information content (AvgIpc) is 3.01. The highest BCUT2D eigenvalue weighted by atomic mass is 35.5. The first-order valence-corrected chi connectivity index (χ1v) is 8.39. The molecule has 1 aliphatic heterocycles. The van der Waals surface area contributed by atoms with Gasteiger partial charge in [0.15, 0.2) is 0 Å². The number of urea groups is 1. The van der Waals surface area contributed by atoms with Crippen molar-refractivity contribution in [1.29, 1.82) is 0 Å². The van der Waals surface area contributed by atoms with Crippen molar-refractivity contribution < 1.29 is 22.8 Å². The number of amides is 3. The highest BCUT2D eigenvalue weighted by Crippen LogP contribution is 2.29. The average molecular weight is 398 g/mol. The molecule has 0 bridgehead atoms. The first-order valence-electron chi connectivity index (χ1n) is 8.01. The van der Waals surface area contributed by atoms with Crippen molar-refractivity contribution in [3.05, 3.63) is 64.7 Å². The van der Waals surface area contributed by atoms with E-state index < -0.39 is 29.7 Å². The van der Waals surface area contributed by atoms with Gasteiger partial charge in [0.25, 0.3) is 0 Å². The van der Waals surface area contributed by atoms with E-state index in [-0.39, 0.29) is 13.1 Å². The van der Waals surface area contributed by atoms with Crippen LogP contribution in [-0.4, -0.2) is 24.5 Å². The number of hydrogen-bond acceptors (Lipinski definition) is 2. The molecule has 2 N–H and O–H groups in total. The molecule has 2 aromatic rings. The highest BCUT2D eigenvalue weighted by Gasteiger charge is 2.34. The quantitative estimate of drug-likeness (QED) is 0.828. The second-order valence-electron chi connectivity index (χ2n) is 6.01. The summed E-state index contributed by atoms with van der Waals surface area (Å²) in [7, 11) is 0. The van der Waals surface area contributed by atoms with Crippen LogP contribution in [0.15, 0.2) is 48.5 Å². The molecule has 0 aromatic heterocycles. The van der Waals surface area contributed by atoms with Gasteiger partial charge in [-0.1, -0.05) is 29.8 Å². The van der Waals surface area contributed by atoms with Crippen LogP contribution in [0, 0.1) is 0 Å². The maximum atomic E-state index is 12.7. The van der Waals surface area contributed by atoms with Gasteiger partial charge in [-0.15, -0.1) is 0 Å². The lowest BCUT2D eigenvalue weighted by Gasteiger charge is -2.15. The molecule has 0 saturated carbocycles. The van der Waals surface area contributed by atoms with Crippen molar-refractivity contribution in [2.45, 2.75) is 18.8 Å². The summed E-state index contributed by atoms with van der Waals surface area (Å²) >= 11 is 5.91. The fourth-order valence-corrected chi connectivity index (χ4v) is 2.91. The normalized spacial score (nSPS) is 17.0. The molecular formula is C18H15ClF3N3O2. The van der Waals surface area contributed by atoms with Crippen LogP contribution >= 0.6 is 11.6 Å². The zero-order valence-electron chi connectivity index (χ0n) is 13.9. The molecule has 3 amide bonds. The number of halogens is 4. The summed E-state index contributed by atoms with van der Waals surface area (Å²) in [6, 6.07) is 10.1. The lowest BCUT2D eigenvalue weighted by atomic mass is 10.1. The molecule has 1 heterocycles. The molecule has 2 aromatic carbocycles. The Balaban J connectivity index is 1.62. The molecule has 27 heavy (non-hydrogen) atoms. The maximum Gasteiger partial charge on any atom is 0.416 e. The van der Waals surface area contributed by atoms with Crippen LogP contribution in [0.25, 0.3) is 0 Å². The summed E-state index contributed by atoms with van der Waals surface area (Å²) in [6.07, 6.45) is -4.45. The van der Waals surface area contributed by atoms with Crippen LogP contribution in [-0.2, 0) is 17.5 Å². The van der Waals surface area contributed by atoms with Gasteiger partial charge in [0.1, 0.15) is 6.04 Å². The van der Waals surface area contributed by atoms with Gasteiger partial charge in [-0.2, -0.15) is 13.2 Å². The third kappa shape index (κ3) is 4.51. The molecule has 1 saturated heterocycles. The largest absolute Gasteiger partial charge is 0.416 e. The zero-order chi connectivity index (χ0) is 19.6. The molecule has 0 spiro atoms. The third-order valence-corrected chi connectivity index (χ3v) is 4.30. The van der Waals surface area contributed by atoms with Gasteiger partial charge in [0, 0.05) is 17.3 Å². The van der Waals surface area contributed by atoms with Crippen LogP contribution in [0.1, 0.15) is 11.1 Å². The SMILES string of the molecule is O=C(NCc1cccc(C(F)(F)F)c1)C1CN(c2cccc(Cl)c2)C(=O)N1. The fourth-order valence-electron chi connectivity index (χ4n) is 2.72. The van der Waals surface area contributed by atoms with E-state index in [0.717, 1.165) is 12.1 Å². The first-order chi connectivity index (χ1) is 12.7. The van der Waals surface area contributed by atoms with Crippen molar-refractivity contribution in [2.75, 3.05) is 11.4 Å². The van der Waals surface area contributed by atoms with E-state index in [9.17, 15) is 22.8 Å². The van der Waals surface area contributed by atoms with Gasteiger partial charge in [0.2, 0.25) is 5.91 Å². The maximum absolute atomic E-state index is 12.7. The topological polar surface area (TPSA) is 61.4 Å². The number of anilines is 1. The van der Waals surface area contributed by atoms with Crippen LogP contribution in [0.5, 0.6) is 0 Å². The Morgan fingerprint density at radius 3 is 2.67 bits per heavy atom. The van der Waals surface area contributed by atoms with Gasteiger partial charge in [-0.3, -0.25) is 9.69 Å². The minimum Gasteiger partial charge on any atom is -0.350 e. The van der Waals surface area contributed by atoms with E-state index >= 15 is 0 Å². The number of nitrogens with one attached hydrogen (secondary N) is 2. The summed E-state index contributed by atoms with van der Waals surface area (Å²) < 4.78 is 38.2. The number of carbonyl (C=O) groups excluding carboxylic acids is 2. The molecule has 1 fully saturated rings. The molecule has 1 atom stereocenters. The summed E-state index contributed by atoms with van der Waals surface area (Å²) in [4.78, 5) is 25.8. The van der Waals surface area contributed by atoms with Crippen molar-refractivity contribution in [3.8, 4) is 0 Å². The number of carbonyl (C=O) groups is 2. The number of hydrogen-bond donors (Lipinski definition) is 2. The van der Waals surface area contributed by atoms with Gasteiger partial charge in [-0.25, -0.2) is 4.79 Å². The van der Waals surface area contributed by atoms with Gasteiger partial charge < -0.3 is 10.6 Å². The molecule has 3 rings (SSSR count). The van der Waals surface area contributed by atoms with E-state index in [0.29, 0.717) is 16.3 Å². The minimum absolute atomic E-state index is 0.0771. The predicted molar refractivity (Wildman–Crippen MR) is 94.4 cm³/mol. The second-order valence-corrected chi connectivity index (χ2v) is 6.44. The molecule has 5 nitrogen and oxygen atoms in total. The van der Waals surface area contributed by atoms with E-state index in [2.05, 4.69) is 10.6 Å².